The van der Waals surface area contributed by atoms with Gasteiger partial charge in [0.2, 0.25) is 0 Å². The van der Waals surface area contributed by atoms with Crippen molar-refractivity contribution in [3.8, 4) is 0 Å². The van der Waals surface area contributed by atoms with Crippen molar-refractivity contribution < 1.29 is 0 Å². The first-order valence-electron chi connectivity index (χ1n) is 8.00. The van der Waals surface area contributed by atoms with Crippen molar-refractivity contribution in [3.63, 3.8) is 0 Å². The van der Waals surface area contributed by atoms with Crippen molar-refractivity contribution in [1.82, 2.24) is 15.3 Å². The van der Waals surface area contributed by atoms with E-state index in [1.807, 2.05) is 0 Å². The molecule has 3 heteroatoms. The van der Waals surface area contributed by atoms with E-state index in [0.29, 0.717) is 5.92 Å². The van der Waals surface area contributed by atoms with Crippen LogP contribution in [0.4, 0.5) is 0 Å². The molecule has 2 aliphatic carbocycles. The zero-order chi connectivity index (χ0) is 13.5. The van der Waals surface area contributed by atoms with Crippen molar-refractivity contribution in [1.29, 1.82) is 0 Å². The summed E-state index contributed by atoms with van der Waals surface area (Å²) >= 11 is 0. The van der Waals surface area contributed by atoms with E-state index in [9.17, 15) is 0 Å². The molecule has 0 amide bonds. The van der Waals surface area contributed by atoms with Crippen LogP contribution in [0.15, 0.2) is 18.2 Å². The number of nitrogens with zero attached hydrogens (tertiary/aromatic N) is 1. The van der Waals surface area contributed by atoms with Crippen LogP contribution in [0.2, 0.25) is 0 Å². The monoisotopic (exact) mass is 269 g/mol. The number of hydrogen-bond donors (Lipinski definition) is 2. The van der Waals surface area contributed by atoms with Gasteiger partial charge in [-0.25, -0.2) is 4.98 Å². The van der Waals surface area contributed by atoms with Gasteiger partial charge in [0, 0.05) is 12.0 Å². The Morgan fingerprint density at radius 2 is 1.80 bits per heavy atom. The first kappa shape index (κ1) is 12.4. The molecule has 2 saturated carbocycles. The van der Waals surface area contributed by atoms with E-state index in [1.54, 1.807) is 0 Å². The van der Waals surface area contributed by atoms with Gasteiger partial charge in [-0.3, -0.25) is 0 Å². The zero-order valence-corrected chi connectivity index (χ0v) is 12.2. The zero-order valence-electron chi connectivity index (χ0n) is 12.2. The summed E-state index contributed by atoms with van der Waals surface area (Å²) in [6.45, 7) is 0. The average Bonchev–Trinajstić information content (AvgIpc) is 3.26. The van der Waals surface area contributed by atoms with Crippen LogP contribution in [0.1, 0.15) is 61.7 Å². The molecule has 2 aromatic rings. The summed E-state index contributed by atoms with van der Waals surface area (Å²) in [4.78, 5) is 8.25. The van der Waals surface area contributed by atoms with E-state index < -0.39 is 0 Å². The van der Waals surface area contributed by atoms with Gasteiger partial charge < -0.3 is 10.3 Å². The highest BCUT2D eigenvalue weighted by Crippen LogP contribution is 2.39. The average molecular weight is 269 g/mol. The lowest BCUT2D eigenvalue weighted by molar-refractivity contribution is 0.359. The lowest BCUT2D eigenvalue weighted by Gasteiger charge is -2.28. The molecule has 2 aliphatic rings. The Morgan fingerprint density at radius 3 is 2.50 bits per heavy atom. The van der Waals surface area contributed by atoms with E-state index in [2.05, 4.69) is 35.5 Å². The second kappa shape index (κ2) is 4.88. The lowest BCUT2D eigenvalue weighted by atomic mass is 9.82. The van der Waals surface area contributed by atoms with E-state index in [1.165, 1.54) is 55.4 Å². The van der Waals surface area contributed by atoms with Gasteiger partial charge in [-0.05, 0) is 69.2 Å². The van der Waals surface area contributed by atoms with Crippen LogP contribution in [0, 0.1) is 0 Å². The highest BCUT2D eigenvalue weighted by Gasteiger charge is 2.27. The fourth-order valence-electron chi connectivity index (χ4n) is 3.57. The van der Waals surface area contributed by atoms with Gasteiger partial charge in [-0.2, -0.15) is 0 Å². The van der Waals surface area contributed by atoms with E-state index in [0.717, 1.165) is 17.5 Å². The smallest absolute Gasteiger partial charge is 0.110 e. The first-order valence-corrected chi connectivity index (χ1v) is 8.00. The van der Waals surface area contributed by atoms with Crippen molar-refractivity contribution in [2.75, 3.05) is 7.05 Å². The van der Waals surface area contributed by atoms with Crippen molar-refractivity contribution in [2.24, 2.45) is 0 Å². The second-order valence-corrected chi connectivity index (χ2v) is 6.51. The molecule has 106 valence electrons. The highest BCUT2D eigenvalue weighted by atomic mass is 14.9. The van der Waals surface area contributed by atoms with Crippen LogP contribution in [0.25, 0.3) is 11.0 Å². The summed E-state index contributed by atoms with van der Waals surface area (Å²) in [5.74, 6) is 2.64. The van der Waals surface area contributed by atoms with E-state index in [-0.39, 0.29) is 0 Å². The molecule has 0 saturated heterocycles. The Hall–Kier alpha value is -1.35. The molecule has 0 radical (unpaired) electrons. The molecule has 0 spiro atoms. The topological polar surface area (TPSA) is 40.7 Å². The maximum absolute atomic E-state index is 4.72. The van der Waals surface area contributed by atoms with Crippen LogP contribution in [0.3, 0.4) is 0 Å². The Kier molecular flexibility index (Phi) is 3.03. The normalized spacial score (nSPS) is 27.1. The summed E-state index contributed by atoms with van der Waals surface area (Å²) in [7, 11) is 2.08. The maximum Gasteiger partial charge on any atom is 0.110 e. The number of aromatic nitrogens is 2. The molecular weight excluding hydrogens is 246 g/mol. The number of H-pyrrole nitrogens is 1. The molecule has 0 bridgehead atoms. The molecular formula is C17H23N3. The predicted octanol–water partition coefficient (Wildman–Crippen LogP) is 3.69. The quantitative estimate of drug-likeness (QED) is 0.892. The molecule has 2 N–H and O–H groups in total. The third-order valence-corrected chi connectivity index (χ3v) is 5.10. The van der Waals surface area contributed by atoms with Gasteiger partial charge in [0.15, 0.2) is 0 Å². The minimum Gasteiger partial charge on any atom is -0.342 e. The minimum atomic E-state index is 0.705. The van der Waals surface area contributed by atoms with Crippen LogP contribution >= 0.6 is 0 Å². The lowest BCUT2D eigenvalue weighted by Crippen LogP contribution is -2.29. The maximum atomic E-state index is 4.72. The fraction of sp³-hybridized carbons (Fsp3) is 0.588. The Balaban J connectivity index is 1.57. The third kappa shape index (κ3) is 2.24. The Labute approximate surface area is 120 Å². The number of benzene rings is 1. The Bertz CT molecular complexity index is 604. The number of fused-ring (bicyclic) bond motifs is 1. The summed E-state index contributed by atoms with van der Waals surface area (Å²) in [6.07, 6.45) is 7.83. The molecule has 20 heavy (non-hydrogen) atoms. The molecule has 1 heterocycles. The van der Waals surface area contributed by atoms with Gasteiger partial charge in [-0.15, -0.1) is 0 Å². The number of hydrogen-bond acceptors (Lipinski definition) is 2. The second-order valence-electron chi connectivity index (χ2n) is 6.51. The predicted molar refractivity (Wildman–Crippen MR) is 82.1 cm³/mol. The van der Waals surface area contributed by atoms with Gasteiger partial charge in [0.25, 0.3) is 0 Å². The van der Waals surface area contributed by atoms with Crippen LogP contribution in [-0.2, 0) is 0 Å². The van der Waals surface area contributed by atoms with Crippen LogP contribution in [0.5, 0.6) is 0 Å². The molecule has 1 aromatic carbocycles. The fourth-order valence-corrected chi connectivity index (χ4v) is 3.57. The number of nitrogens with one attached hydrogen (secondary N) is 2. The molecule has 4 rings (SSSR count). The molecule has 0 aliphatic heterocycles. The molecule has 1 aromatic heterocycles. The largest absolute Gasteiger partial charge is 0.342 e. The molecule has 0 atom stereocenters. The van der Waals surface area contributed by atoms with Crippen LogP contribution < -0.4 is 5.32 Å². The number of imidazole rings is 1. The van der Waals surface area contributed by atoms with Gasteiger partial charge in [0.05, 0.1) is 11.0 Å². The van der Waals surface area contributed by atoms with E-state index in [4.69, 9.17) is 4.98 Å². The third-order valence-electron chi connectivity index (χ3n) is 5.10. The molecule has 3 nitrogen and oxygen atoms in total. The summed E-state index contributed by atoms with van der Waals surface area (Å²) in [5.41, 5.74) is 3.87. The standard InChI is InChI=1S/C17H23N3/c1-18-14-7-4-11(5-8-14)13-6-9-15-16(10-13)20-17(19-15)12-2-3-12/h6,9-12,14,18H,2-5,7-8H2,1H3,(H,19,20). The Morgan fingerprint density at radius 1 is 1.05 bits per heavy atom. The summed E-state index contributed by atoms with van der Waals surface area (Å²) in [6, 6.07) is 7.57. The minimum absolute atomic E-state index is 0.705. The van der Waals surface area contributed by atoms with Crippen molar-refractivity contribution >= 4 is 11.0 Å². The van der Waals surface area contributed by atoms with Crippen LogP contribution in [-0.4, -0.2) is 23.1 Å². The highest BCUT2D eigenvalue weighted by molar-refractivity contribution is 5.76. The number of aromatic amines is 1. The molecule has 0 unspecified atom stereocenters. The first-order chi connectivity index (χ1) is 9.83. The van der Waals surface area contributed by atoms with Gasteiger partial charge in [-0.1, -0.05) is 6.07 Å². The van der Waals surface area contributed by atoms with Crippen molar-refractivity contribution in [2.45, 2.75) is 56.4 Å². The van der Waals surface area contributed by atoms with Crippen molar-refractivity contribution in [3.05, 3.63) is 29.6 Å². The summed E-state index contributed by atoms with van der Waals surface area (Å²) < 4.78 is 0. The molecule has 2 fully saturated rings. The SMILES string of the molecule is CNC1CCC(c2ccc3nc(C4CC4)[nH]c3c2)CC1. The van der Waals surface area contributed by atoms with Gasteiger partial charge >= 0.3 is 0 Å². The summed E-state index contributed by atoms with van der Waals surface area (Å²) in [5, 5.41) is 3.41. The number of rotatable bonds is 3. The van der Waals surface area contributed by atoms with Gasteiger partial charge in [0.1, 0.15) is 5.82 Å². The van der Waals surface area contributed by atoms with E-state index >= 15 is 0 Å².